The number of halogens is 1. The summed E-state index contributed by atoms with van der Waals surface area (Å²) < 4.78 is 20.3. The fourth-order valence-electron chi connectivity index (χ4n) is 3.30. The number of hydrogen-bond acceptors (Lipinski definition) is 4. The molecule has 2 N–H and O–H groups in total. The summed E-state index contributed by atoms with van der Waals surface area (Å²) in [5.74, 6) is 0.303. The lowest BCUT2D eigenvalue weighted by atomic mass is 10.2. The summed E-state index contributed by atoms with van der Waals surface area (Å²) in [7, 11) is 0. The van der Waals surface area contributed by atoms with E-state index in [1.807, 2.05) is 36.5 Å². The predicted octanol–water partition coefficient (Wildman–Crippen LogP) is 4.21. The molecule has 0 saturated carbocycles. The predicted molar refractivity (Wildman–Crippen MR) is 122 cm³/mol. The van der Waals surface area contributed by atoms with Crippen LogP contribution in [0.15, 0.2) is 82.4 Å². The number of fused-ring (bicyclic) bond motifs is 1. The first-order valence-electron chi connectivity index (χ1n) is 10.1. The van der Waals surface area contributed by atoms with Gasteiger partial charge >= 0.3 is 0 Å². The minimum atomic E-state index is -0.375. The van der Waals surface area contributed by atoms with Crippen LogP contribution in [0.2, 0.25) is 0 Å². The molecule has 0 aliphatic heterocycles. The van der Waals surface area contributed by atoms with Crippen molar-refractivity contribution in [2.24, 2.45) is 0 Å². The molecule has 0 spiro atoms. The molecule has 0 fully saturated rings. The van der Waals surface area contributed by atoms with Gasteiger partial charge < -0.3 is 19.6 Å². The summed E-state index contributed by atoms with van der Waals surface area (Å²) in [5, 5.41) is 6.76. The van der Waals surface area contributed by atoms with E-state index in [1.165, 1.54) is 36.0 Å². The van der Waals surface area contributed by atoms with Crippen molar-refractivity contribution in [3.05, 3.63) is 90.3 Å². The molecule has 0 radical (unpaired) electrons. The zero-order valence-electron chi connectivity index (χ0n) is 17.2. The smallest absolute Gasteiger partial charge is 0.251 e. The van der Waals surface area contributed by atoms with E-state index < -0.39 is 0 Å². The molecule has 0 unspecified atom stereocenters. The van der Waals surface area contributed by atoms with Gasteiger partial charge in [0.1, 0.15) is 11.6 Å². The minimum absolute atomic E-state index is 0.0743. The summed E-state index contributed by atoms with van der Waals surface area (Å²) in [6.07, 6.45) is 3.58. The second-order valence-electron chi connectivity index (χ2n) is 7.11. The fraction of sp³-hybridized carbons (Fsp3) is 0.167. The van der Waals surface area contributed by atoms with Crippen molar-refractivity contribution in [2.75, 3.05) is 12.3 Å². The molecule has 32 heavy (non-hydrogen) atoms. The average Bonchev–Trinajstić information content (AvgIpc) is 3.45. The molecule has 2 heterocycles. The first-order chi connectivity index (χ1) is 15.6. The molecule has 0 aliphatic rings. The third-order valence-corrected chi connectivity index (χ3v) is 5.94. The summed E-state index contributed by atoms with van der Waals surface area (Å²) in [6.45, 7) is 1.35. The van der Waals surface area contributed by atoms with Gasteiger partial charge in [-0.25, -0.2) is 4.39 Å². The fourth-order valence-corrected chi connectivity index (χ4v) is 4.22. The number of thioether (sulfide) groups is 1. The van der Waals surface area contributed by atoms with Gasteiger partial charge in [0, 0.05) is 40.6 Å². The number of nitrogens with one attached hydrogen (secondary N) is 2. The number of aromatic nitrogens is 1. The third-order valence-electron chi connectivity index (χ3n) is 4.90. The second kappa shape index (κ2) is 10.2. The standard InChI is InChI=1S/C24H22FN3O3S/c25-18-9-7-17(8-10-18)24(30)26-11-12-28-15-22(20-5-1-2-6-21(20)28)32-16-23(29)27-14-19-4-3-13-31-19/h1-10,13,15H,11-12,14,16H2,(H,26,30)(H,27,29). The quantitative estimate of drug-likeness (QED) is 0.374. The topological polar surface area (TPSA) is 76.3 Å². The van der Waals surface area contributed by atoms with E-state index in [9.17, 15) is 14.0 Å². The number of benzene rings is 2. The van der Waals surface area contributed by atoms with Crippen LogP contribution in [0, 0.1) is 5.82 Å². The Morgan fingerprint density at radius 3 is 2.59 bits per heavy atom. The van der Waals surface area contributed by atoms with Crippen molar-refractivity contribution >= 4 is 34.5 Å². The number of hydrogen-bond donors (Lipinski definition) is 2. The first kappa shape index (κ1) is 21.7. The molecule has 8 heteroatoms. The molecule has 0 bridgehead atoms. The molecule has 0 saturated heterocycles. The van der Waals surface area contributed by atoms with Crippen LogP contribution in [0.4, 0.5) is 4.39 Å². The Morgan fingerprint density at radius 2 is 1.81 bits per heavy atom. The van der Waals surface area contributed by atoms with Crippen LogP contribution in [0.3, 0.4) is 0 Å². The van der Waals surface area contributed by atoms with E-state index >= 15 is 0 Å². The van der Waals surface area contributed by atoms with E-state index in [0.717, 1.165) is 15.8 Å². The summed E-state index contributed by atoms with van der Waals surface area (Å²) >= 11 is 1.47. The van der Waals surface area contributed by atoms with Crippen LogP contribution in [0.25, 0.3) is 10.9 Å². The summed E-state index contributed by atoms with van der Waals surface area (Å²) in [6, 6.07) is 17.0. The molecular formula is C24H22FN3O3S. The number of carbonyl (C=O) groups excluding carboxylic acids is 2. The Hall–Kier alpha value is -3.52. The van der Waals surface area contributed by atoms with Crippen molar-refractivity contribution < 1.29 is 18.4 Å². The number of amides is 2. The van der Waals surface area contributed by atoms with Crippen LogP contribution in [0.1, 0.15) is 16.1 Å². The molecule has 2 aromatic heterocycles. The lowest BCUT2D eigenvalue weighted by Gasteiger charge is -2.07. The molecule has 164 valence electrons. The van der Waals surface area contributed by atoms with E-state index in [0.29, 0.717) is 31.0 Å². The number of para-hydroxylation sites is 1. The Labute approximate surface area is 188 Å². The molecular weight excluding hydrogens is 429 g/mol. The van der Waals surface area contributed by atoms with Crippen LogP contribution in [-0.4, -0.2) is 28.7 Å². The van der Waals surface area contributed by atoms with Gasteiger partial charge in [-0.05, 0) is 42.5 Å². The highest BCUT2D eigenvalue weighted by molar-refractivity contribution is 8.00. The highest BCUT2D eigenvalue weighted by Crippen LogP contribution is 2.29. The van der Waals surface area contributed by atoms with Gasteiger partial charge in [0.25, 0.3) is 5.91 Å². The zero-order valence-corrected chi connectivity index (χ0v) is 18.0. The van der Waals surface area contributed by atoms with Crippen LogP contribution < -0.4 is 10.6 Å². The van der Waals surface area contributed by atoms with Gasteiger partial charge in [0.15, 0.2) is 0 Å². The second-order valence-corrected chi connectivity index (χ2v) is 8.13. The zero-order chi connectivity index (χ0) is 22.3. The number of carbonyl (C=O) groups is 2. The van der Waals surface area contributed by atoms with E-state index in [-0.39, 0.29) is 23.4 Å². The van der Waals surface area contributed by atoms with E-state index in [1.54, 1.807) is 12.3 Å². The highest BCUT2D eigenvalue weighted by atomic mass is 32.2. The monoisotopic (exact) mass is 451 g/mol. The number of nitrogens with zero attached hydrogens (tertiary/aromatic N) is 1. The average molecular weight is 452 g/mol. The maximum Gasteiger partial charge on any atom is 0.251 e. The Kier molecular flexibility index (Phi) is 6.91. The lowest BCUT2D eigenvalue weighted by molar-refractivity contribution is -0.118. The molecule has 0 atom stereocenters. The molecule has 2 amide bonds. The van der Waals surface area contributed by atoms with Gasteiger partial charge in [0.05, 0.1) is 18.6 Å². The maximum atomic E-state index is 13.0. The lowest BCUT2D eigenvalue weighted by Crippen LogP contribution is -2.27. The molecule has 0 aliphatic carbocycles. The van der Waals surface area contributed by atoms with Crippen molar-refractivity contribution in [1.29, 1.82) is 0 Å². The molecule has 2 aromatic carbocycles. The maximum absolute atomic E-state index is 13.0. The first-order valence-corrected chi connectivity index (χ1v) is 11.1. The van der Waals surface area contributed by atoms with Crippen LogP contribution in [0.5, 0.6) is 0 Å². The SMILES string of the molecule is O=C(CSc1cn(CCNC(=O)c2ccc(F)cc2)c2ccccc12)NCc1ccco1. The molecule has 4 aromatic rings. The van der Waals surface area contributed by atoms with Crippen molar-refractivity contribution in [3.8, 4) is 0 Å². The van der Waals surface area contributed by atoms with Gasteiger partial charge in [0.2, 0.25) is 5.91 Å². The Bertz CT molecular complexity index is 1200. The number of rotatable bonds is 9. The Balaban J connectivity index is 1.35. The van der Waals surface area contributed by atoms with Crippen molar-refractivity contribution in [3.63, 3.8) is 0 Å². The highest BCUT2D eigenvalue weighted by Gasteiger charge is 2.12. The van der Waals surface area contributed by atoms with Gasteiger partial charge in [-0.2, -0.15) is 0 Å². The van der Waals surface area contributed by atoms with Crippen LogP contribution in [-0.2, 0) is 17.9 Å². The third kappa shape index (κ3) is 5.39. The van der Waals surface area contributed by atoms with Crippen LogP contribution >= 0.6 is 11.8 Å². The van der Waals surface area contributed by atoms with E-state index in [4.69, 9.17) is 4.42 Å². The van der Waals surface area contributed by atoms with Crippen molar-refractivity contribution in [2.45, 2.75) is 18.0 Å². The molecule has 4 rings (SSSR count). The molecule has 6 nitrogen and oxygen atoms in total. The number of furan rings is 1. The van der Waals surface area contributed by atoms with E-state index in [2.05, 4.69) is 15.2 Å². The minimum Gasteiger partial charge on any atom is -0.467 e. The Morgan fingerprint density at radius 1 is 1.00 bits per heavy atom. The van der Waals surface area contributed by atoms with Gasteiger partial charge in [-0.1, -0.05) is 18.2 Å². The normalized spacial score (nSPS) is 10.9. The van der Waals surface area contributed by atoms with Gasteiger partial charge in [-0.3, -0.25) is 9.59 Å². The summed E-state index contributed by atoms with van der Waals surface area (Å²) in [5.41, 5.74) is 1.45. The van der Waals surface area contributed by atoms with Crippen molar-refractivity contribution in [1.82, 2.24) is 15.2 Å². The van der Waals surface area contributed by atoms with Gasteiger partial charge in [-0.15, -0.1) is 11.8 Å². The largest absolute Gasteiger partial charge is 0.467 e. The summed E-state index contributed by atoms with van der Waals surface area (Å²) in [4.78, 5) is 25.4.